The van der Waals surface area contributed by atoms with Crippen LogP contribution in [0, 0.1) is 5.92 Å². The Balaban J connectivity index is 3.52. The Hall–Kier alpha value is -1.14. The van der Waals surface area contributed by atoms with Crippen molar-refractivity contribution in [2.45, 2.75) is 39.2 Å². The number of rotatable bonds is 10. The fourth-order valence-electron chi connectivity index (χ4n) is 1.46. The number of carboxylic acids is 1. The van der Waals surface area contributed by atoms with Gasteiger partial charge in [-0.2, -0.15) is 0 Å². The molecule has 0 aliphatic heterocycles. The first kappa shape index (κ1) is 16.9. The molecular weight excluding hydrogens is 236 g/mol. The van der Waals surface area contributed by atoms with E-state index in [4.69, 9.17) is 15.6 Å². The lowest BCUT2D eigenvalue weighted by Crippen LogP contribution is -2.32. The SMILES string of the molecule is CC(N)CCCC(C)C(=O)NCCOCC(=O)O. The Labute approximate surface area is 108 Å². The minimum atomic E-state index is -1.01. The average molecular weight is 260 g/mol. The molecule has 0 heterocycles. The lowest BCUT2D eigenvalue weighted by atomic mass is 10.0. The van der Waals surface area contributed by atoms with Crippen LogP contribution in [0.15, 0.2) is 0 Å². The molecule has 6 nitrogen and oxygen atoms in total. The van der Waals surface area contributed by atoms with E-state index in [0.29, 0.717) is 6.54 Å². The molecule has 0 aromatic carbocycles. The number of hydrogen-bond donors (Lipinski definition) is 3. The standard InChI is InChI=1S/C12H24N2O4/c1-9(4-3-5-10(2)13)12(17)14-6-7-18-8-11(15)16/h9-10H,3-8,13H2,1-2H3,(H,14,17)(H,15,16). The van der Waals surface area contributed by atoms with Crippen molar-refractivity contribution in [3.05, 3.63) is 0 Å². The molecule has 6 heteroatoms. The molecule has 0 bridgehead atoms. The fraction of sp³-hybridized carbons (Fsp3) is 0.833. The molecule has 0 aromatic rings. The Bertz CT molecular complexity index is 256. The van der Waals surface area contributed by atoms with E-state index in [0.717, 1.165) is 19.3 Å². The van der Waals surface area contributed by atoms with Gasteiger partial charge in [0.05, 0.1) is 6.61 Å². The minimum Gasteiger partial charge on any atom is -0.480 e. The lowest BCUT2D eigenvalue weighted by Gasteiger charge is -2.12. The summed E-state index contributed by atoms with van der Waals surface area (Å²) in [6.07, 6.45) is 2.66. The van der Waals surface area contributed by atoms with Gasteiger partial charge in [0, 0.05) is 18.5 Å². The van der Waals surface area contributed by atoms with Gasteiger partial charge in [0.15, 0.2) is 0 Å². The summed E-state index contributed by atoms with van der Waals surface area (Å²) in [5.74, 6) is -1.09. The first-order valence-corrected chi connectivity index (χ1v) is 6.26. The van der Waals surface area contributed by atoms with Gasteiger partial charge in [-0.25, -0.2) is 4.79 Å². The van der Waals surface area contributed by atoms with Crippen LogP contribution in [-0.2, 0) is 14.3 Å². The van der Waals surface area contributed by atoms with Gasteiger partial charge in [-0.1, -0.05) is 13.3 Å². The van der Waals surface area contributed by atoms with Crippen molar-refractivity contribution in [2.75, 3.05) is 19.8 Å². The number of carbonyl (C=O) groups excluding carboxylic acids is 1. The molecule has 0 fully saturated rings. The molecular formula is C12H24N2O4. The van der Waals surface area contributed by atoms with Crippen molar-refractivity contribution in [3.63, 3.8) is 0 Å². The first-order valence-electron chi connectivity index (χ1n) is 6.26. The zero-order valence-electron chi connectivity index (χ0n) is 11.1. The van der Waals surface area contributed by atoms with Gasteiger partial charge in [0.1, 0.15) is 6.61 Å². The van der Waals surface area contributed by atoms with Crippen molar-refractivity contribution in [2.24, 2.45) is 11.7 Å². The van der Waals surface area contributed by atoms with E-state index in [1.54, 1.807) is 0 Å². The van der Waals surface area contributed by atoms with E-state index in [-0.39, 0.29) is 31.1 Å². The second-order valence-corrected chi connectivity index (χ2v) is 4.55. The Morgan fingerprint density at radius 2 is 2.00 bits per heavy atom. The highest BCUT2D eigenvalue weighted by molar-refractivity contribution is 5.78. The van der Waals surface area contributed by atoms with Crippen LogP contribution < -0.4 is 11.1 Å². The summed E-state index contributed by atoms with van der Waals surface area (Å²) in [6, 6.07) is 0.171. The topological polar surface area (TPSA) is 102 Å². The number of aliphatic carboxylic acids is 1. The zero-order valence-corrected chi connectivity index (χ0v) is 11.1. The number of nitrogens with two attached hydrogens (primary N) is 1. The maximum absolute atomic E-state index is 11.6. The first-order chi connectivity index (χ1) is 8.43. The molecule has 0 saturated heterocycles. The Kier molecular flexibility index (Phi) is 9.22. The average Bonchev–Trinajstić information content (AvgIpc) is 2.27. The third kappa shape index (κ3) is 10.0. The fourth-order valence-corrected chi connectivity index (χ4v) is 1.46. The van der Waals surface area contributed by atoms with Crippen LogP contribution in [0.25, 0.3) is 0 Å². The molecule has 0 radical (unpaired) electrons. The summed E-state index contributed by atoms with van der Waals surface area (Å²) < 4.78 is 4.81. The summed E-state index contributed by atoms with van der Waals surface area (Å²) in [7, 11) is 0. The predicted octanol–water partition coefficient (Wildman–Crippen LogP) is 0.357. The van der Waals surface area contributed by atoms with E-state index in [1.807, 2.05) is 13.8 Å². The van der Waals surface area contributed by atoms with Gasteiger partial charge in [0.2, 0.25) is 5.91 Å². The highest BCUT2D eigenvalue weighted by atomic mass is 16.5. The summed E-state index contributed by atoms with van der Waals surface area (Å²) in [4.78, 5) is 21.8. The maximum Gasteiger partial charge on any atom is 0.329 e. The number of hydrogen-bond acceptors (Lipinski definition) is 4. The largest absolute Gasteiger partial charge is 0.480 e. The molecule has 2 atom stereocenters. The molecule has 18 heavy (non-hydrogen) atoms. The van der Waals surface area contributed by atoms with E-state index >= 15 is 0 Å². The molecule has 0 aliphatic carbocycles. The van der Waals surface area contributed by atoms with Gasteiger partial charge in [-0.15, -0.1) is 0 Å². The van der Waals surface area contributed by atoms with E-state index in [1.165, 1.54) is 0 Å². The number of carbonyl (C=O) groups is 2. The number of carboxylic acid groups (broad SMARTS) is 1. The van der Waals surface area contributed by atoms with Gasteiger partial charge >= 0.3 is 5.97 Å². The third-order valence-corrected chi connectivity index (χ3v) is 2.52. The maximum atomic E-state index is 11.6. The molecule has 2 unspecified atom stereocenters. The molecule has 0 rings (SSSR count). The third-order valence-electron chi connectivity index (χ3n) is 2.52. The van der Waals surface area contributed by atoms with Crippen LogP contribution in [0.2, 0.25) is 0 Å². The van der Waals surface area contributed by atoms with Crippen molar-refractivity contribution in [1.82, 2.24) is 5.32 Å². The van der Waals surface area contributed by atoms with E-state index < -0.39 is 5.97 Å². The summed E-state index contributed by atoms with van der Waals surface area (Å²) in [5.41, 5.74) is 5.63. The molecule has 0 spiro atoms. The second-order valence-electron chi connectivity index (χ2n) is 4.55. The molecule has 4 N–H and O–H groups in total. The predicted molar refractivity (Wildman–Crippen MR) is 68.1 cm³/mol. The summed E-state index contributed by atoms with van der Waals surface area (Å²) in [5, 5.41) is 11.0. The van der Waals surface area contributed by atoms with Crippen LogP contribution in [0.1, 0.15) is 33.1 Å². The zero-order chi connectivity index (χ0) is 14.0. The number of amides is 1. The Morgan fingerprint density at radius 3 is 2.56 bits per heavy atom. The van der Waals surface area contributed by atoms with Gasteiger partial charge in [-0.05, 0) is 19.8 Å². The molecule has 0 saturated carbocycles. The van der Waals surface area contributed by atoms with Gasteiger partial charge in [0.25, 0.3) is 0 Å². The van der Waals surface area contributed by atoms with Crippen LogP contribution in [0.3, 0.4) is 0 Å². The van der Waals surface area contributed by atoms with E-state index in [2.05, 4.69) is 5.32 Å². The molecule has 0 aliphatic rings. The van der Waals surface area contributed by atoms with Crippen molar-refractivity contribution in [3.8, 4) is 0 Å². The van der Waals surface area contributed by atoms with Crippen LogP contribution in [-0.4, -0.2) is 42.8 Å². The van der Waals surface area contributed by atoms with E-state index in [9.17, 15) is 9.59 Å². The Morgan fingerprint density at radius 1 is 1.33 bits per heavy atom. The highest BCUT2D eigenvalue weighted by Crippen LogP contribution is 2.08. The number of ether oxygens (including phenoxy) is 1. The van der Waals surface area contributed by atoms with Gasteiger partial charge in [-0.3, -0.25) is 4.79 Å². The smallest absolute Gasteiger partial charge is 0.329 e. The molecule has 0 aromatic heterocycles. The van der Waals surface area contributed by atoms with Gasteiger partial charge < -0.3 is 20.9 Å². The van der Waals surface area contributed by atoms with Crippen LogP contribution >= 0.6 is 0 Å². The quantitative estimate of drug-likeness (QED) is 0.492. The van der Waals surface area contributed by atoms with Crippen LogP contribution in [0.4, 0.5) is 0 Å². The van der Waals surface area contributed by atoms with Crippen molar-refractivity contribution in [1.29, 1.82) is 0 Å². The van der Waals surface area contributed by atoms with Crippen molar-refractivity contribution >= 4 is 11.9 Å². The second kappa shape index (κ2) is 9.85. The lowest BCUT2D eigenvalue weighted by molar-refractivity contribution is -0.142. The summed E-state index contributed by atoms with van der Waals surface area (Å²) in [6.45, 7) is 4.04. The normalized spacial score (nSPS) is 13.9. The van der Waals surface area contributed by atoms with Crippen LogP contribution in [0.5, 0.6) is 0 Å². The number of nitrogens with one attached hydrogen (secondary N) is 1. The summed E-state index contributed by atoms with van der Waals surface area (Å²) >= 11 is 0. The monoisotopic (exact) mass is 260 g/mol. The molecule has 106 valence electrons. The minimum absolute atomic E-state index is 0.0291. The highest BCUT2D eigenvalue weighted by Gasteiger charge is 2.12. The molecule has 1 amide bonds. The van der Waals surface area contributed by atoms with Crippen molar-refractivity contribution < 1.29 is 19.4 Å².